The summed E-state index contributed by atoms with van der Waals surface area (Å²) in [7, 11) is 0. The summed E-state index contributed by atoms with van der Waals surface area (Å²) in [5.74, 6) is -0.172. The zero-order valence-electron chi connectivity index (χ0n) is 6.64. The van der Waals surface area contributed by atoms with Gasteiger partial charge in [-0.3, -0.25) is 4.79 Å². The van der Waals surface area contributed by atoms with Crippen molar-refractivity contribution in [2.45, 2.75) is 26.7 Å². The molecule has 0 aliphatic carbocycles. The smallest absolute Gasteiger partial charge is 0.309 e. The molecule has 2 heteroatoms. The van der Waals surface area contributed by atoms with Gasteiger partial charge in [0.15, 0.2) is 0 Å². The van der Waals surface area contributed by atoms with Crippen molar-refractivity contribution in [1.29, 1.82) is 0 Å². The molecule has 0 spiro atoms. The van der Waals surface area contributed by atoms with E-state index in [0.29, 0.717) is 13.0 Å². The summed E-state index contributed by atoms with van der Waals surface area (Å²) in [6, 6.07) is 0. The van der Waals surface area contributed by atoms with Gasteiger partial charge in [0.05, 0.1) is 13.0 Å². The molecule has 0 bridgehead atoms. The van der Waals surface area contributed by atoms with E-state index < -0.39 is 0 Å². The van der Waals surface area contributed by atoms with Crippen LogP contribution in [0.5, 0.6) is 0 Å². The lowest BCUT2D eigenvalue weighted by atomic mass is 10.2. The number of rotatable bonds is 4. The van der Waals surface area contributed by atoms with Crippen molar-refractivity contribution in [3.63, 3.8) is 0 Å². The molecule has 0 heterocycles. The quantitative estimate of drug-likeness (QED) is 0.442. The fourth-order valence-corrected chi connectivity index (χ4v) is 0.541. The lowest BCUT2D eigenvalue weighted by molar-refractivity contribution is -0.142. The second-order valence-electron chi connectivity index (χ2n) is 2.09. The van der Waals surface area contributed by atoms with Gasteiger partial charge in [0.2, 0.25) is 0 Å². The Balaban J connectivity index is 3.47. The zero-order valence-corrected chi connectivity index (χ0v) is 6.64. The first-order valence-electron chi connectivity index (χ1n) is 3.53. The molecule has 0 aromatic carbocycles. The minimum atomic E-state index is -0.172. The van der Waals surface area contributed by atoms with Crippen LogP contribution in [-0.2, 0) is 9.53 Å². The van der Waals surface area contributed by atoms with Crippen LogP contribution >= 0.6 is 0 Å². The molecular weight excluding hydrogens is 128 g/mol. The van der Waals surface area contributed by atoms with Crippen molar-refractivity contribution in [3.8, 4) is 0 Å². The Kier molecular flexibility index (Phi) is 4.63. The molecule has 0 amide bonds. The van der Waals surface area contributed by atoms with Crippen molar-refractivity contribution in [2.75, 3.05) is 6.61 Å². The number of esters is 1. The monoisotopic (exact) mass is 142 g/mol. The molecule has 10 heavy (non-hydrogen) atoms. The average molecular weight is 142 g/mol. The maximum absolute atomic E-state index is 10.7. The third kappa shape index (κ3) is 4.13. The third-order valence-electron chi connectivity index (χ3n) is 1.20. The first-order valence-corrected chi connectivity index (χ1v) is 3.53. The van der Waals surface area contributed by atoms with Crippen LogP contribution in [0.15, 0.2) is 12.2 Å². The van der Waals surface area contributed by atoms with Crippen LogP contribution in [0, 0.1) is 0 Å². The molecule has 0 fully saturated rings. The van der Waals surface area contributed by atoms with Gasteiger partial charge in [0, 0.05) is 0 Å². The topological polar surface area (TPSA) is 26.3 Å². The summed E-state index contributed by atoms with van der Waals surface area (Å²) < 4.78 is 4.71. The molecule has 0 N–H and O–H groups in total. The van der Waals surface area contributed by atoms with Crippen molar-refractivity contribution in [1.82, 2.24) is 0 Å². The lowest BCUT2D eigenvalue weighted by Gasteiger charge is -2.01. The molecule has 0 saturated heterocycles. The molecule has 0 aromatic rings. The van der Waals surface area contributed by atoms with E-state index in [9.17, 15) is 4.79 Å². The van der Waals surface area contributed by atoms with Crippen LogP contribution in [-0.4, -0.2) is 12.6 Å². The number of ether oxygens (including phenoxy) is 1. The van der Waals surface area contributed by atoms with Gasteiger partial charge in [-0.15, -0.1) is 0 Å². The van der Waals surface area contributed by atoms with Crippen LogP contribution in [0.1, 0.15) is 26.7 Å². The van der Waals surface area contributed by atoms with Crippen LogP contribution in [0.3, 0.4) is 0 Å². The molecule has 0 aliphatic rings. The number of hydrogen-bond acceptors (Lipinski definition) is 2. The summed E-state index contributed by atoms with van der Waals surface area (Å²) >= 11 is 0. The third-order valence-corrected chi connectivity index (χ3v) is 1.20. The predicted octanol–water partition coefficient (Wildman–Crippen LogP) is 1.91. The molecule has 0 unspecified atom stereocenters. The van der Waals surface area contributed by atoms with E-state index in [4.69, 9.17) is 4.74 Å². The van der Waals surface area contributed by atoms with Gasteiger partial charge in [0.25, 0.3) is 0 Å². The largest absolute Gasteiger partial charge is 0.466 e. The first kappa shape index (κ1) is 9.21. The molecule has 0 radical (unpaired) electrons. The van der Waals surface area contributed by atoms with Crippen molar-refractivity contribution in [3.05, 3.63) is 12.2 Å². The fraction of sp³-hybridized carbons (Fsp3) is 0.625. The number of carbonyl (C=O) groups excluding carboxylic acids is 1. The van der Waals surface area contributed by atoms with Crippen LogP contribution in [0.4, 0.5) is 0 Å². The summed E-state index contributed by atoms with van der Waals surface area (Å²) in [6.45, 7) is 7.92. The highest BCUT2D eigenvalue weighted by Gasteiger charge is 2.01. The van der Waals surface area contributed by atoms with E-state index in [1.165, 1.54) is 0 Å². The Bertz CT molecular complexity index is 127. The minimum Gasteiger partial charge on any atom is -0.466 e. The van der Waals surface area contributed by atoms with E-state index in [2.05, 4.69) is 6.58 Å². The van der Waals surface area contributed by atoms with Gasteiger partial charge in [0.1, 0.15) is 0 Å². The summed E-state index contributed by atoms with van der Waals surface area (Å²) in [6.07, 6.45) is 1.21. The molecular formula is C8H14O2. The molecule has 0 aliphatic heterocycles. The van der Waals surface area contributed by atoms with Gasteiger partial charge in [-0.1, -0.05) is 19.1 Å². The van der Waals surface area contributed by atoms with Gasteiger partial charge < -0.3 is 4.74 Å². The van der Waals surface area contributed by atoms with Crippen LogP contribution < -0.4 is 0 Å². The standard InChI is InChI=1S/C8H14O2/c1-4-7(3)6-8(9)10-5-2/h3-6H2,1-2H3. The van der Waals surface area contributed by atoms with Gasteiger partial charge in [-0.25, -0.2) is 0 Å². The van der Waals surface area contributed by atoms with Gasteiger partial charge >= 0.3 is 5.97 Å². The summed E-state index contributed by atoms with van der Waals surface area (Å²) in [5, 5.41) is 0. The Morgan fingerprint density at radius 3 is 2.50 bits per heavy atom. The maximum Gasteiger partial charge on any atom is 0.309 e. The van der Waals surface area contributed by atoms with E-state index in [1.54, 1.807) is 6.92 Å². The normalized spacial score (nSPS) is 9.00. The minimum absolute atomic E-state index is 0.172. The first-order chi connectivity index (χ1) is 4.70. The second-order valence-corrected chi connectivity index (χ2v) is 2.09. The number of carbonyl (C=O) groups is 1. The maximum atomic E-state index is 10.7. The molecule has 0 saturated carbocycles. The Morgan fingerprint density at radius 2 is 2.10 bits per heavy atom. The fourth-order valence-electron chi connectivity index (χ4n) is 0.541. The number of hydrogen-bond donors (Lipinski definition) is 0. The highest BCUT2D eigenvalue weighted by Crippen LogP contribution is 2.03. The highest BCUT2D eigenvalue weighted by molar-refractivity contribution is 5.72. The summed E-state index contributed by atoms with van der Waals surface area (Å²) in [5.41, 5.74) is 0.929. The van der Waals surface area contributed by atoms with Gasteiger partial charge in [-0.05, 0) is 13.3 Å². The molecule has 0 aromatic heterocycles. The Labute approximate surface area is 61.9 Å². The SMILES string of the molecule is C=C(CC)CC(=O)OCC. The molecule has 0 atom stereocenters. The zero-order chi connectivity index (χ0) is 7.98. The van der Waals surface area contributed by atoms with E-state index in [-0.39, 0.29) is 5.97 Å². The van der Waals surface area contributed by atoms with E-state index in [1.807, 2.05) is 6.92 Å². The van der Waals surface area contributed by atoms with Crippen molar-refractivity contribution < 1.29 is 9.53 Å². The van der Waals surface area contributed by atoms with Crippen LogP contribution in [0.25, 0.3) is 0 Å². The Hall–Kier alpha value is -0.790. The van der Waals surface area contributed by atoms with Crippen LogP contribution in [0.2, 0.25) is 0 Å². The van der Waals surface area contributed by atoms with E-state index in [0.717, 1.165) is 12.0 Å². The molecule has 58 valence electrons. The second kappa shape index (κ2) is 5.03. The highest BCUT2D eigenvalue weighted by atomic mass is 16.5. The Morgan fingerprint density at radius 1 is 1.50 bits per heavy atom. The van der Waals surface area contributed by atoms with E-state index >= 15 is 0 Å². The molecule has 2 nitrogen and oxygen atoms in total. The van der Waals surface area contributed by atoms with Crippen molar-refractivity contribution in [2.24, 2.45) is 0 Å². The van der Waals surface area contributed by atoms with Crippen molar-refractivity contribution >= 4 is 5.97 Å². The summed E-state index contributed by atoms with van der Waals surface area (Å²) in [4.78, 5) is 10.7. The molecule has 0 rings (SSSR count). The average Bonchev–Trinajstić information content (AvgIpc) is 1.88. The lowest BCUT2D eigenvalue weighted by Crippen LogP contribution is -2.04. The predicted molar refractivity (Wildman–Crippen MR) is 40.7 cm³/mol. The van der Waals surface area contributed by atoms with Gasteiger partial charge in [-0.2, -0.15) is 0 Å².